The SMILES string of the molecule is CC(C)(CCCN1CC2CCC1C2)C(N)=S. The van der Waals surface area contributed by atoms with Crippen molar-refractivity contribution in [2.24, 2.45) is 17.1 Å². The van der Waals surface area contributed by atoms with Crippen molar-refractivity contribution < 1.29 is 0 Å². The molecule has 1 aliphatic heterocycles. The van der Waals surface area contributed by atoms with Crippen molar-refractivity contribution in [1.29, 1.82) is 0 Å². The van der Waals surface area contributed by atoms with Crippen LogP contribution in [-0.2, 0) is 0 Å². The van der Waals surface area contributed by atoms with E-state index in [1.54, 1.807) is 0 Å². The van der Waals surface area contributed by atoms with Crippen LogP contribution in [0.3, 0.4) is 0 Å². The minimum Gasteiger partial charge on any atom is -0.393 e. The van der Waals surface area contributed by atoms with Crippen LogP contribution in [0.25, 0.3) is 0 Å². The molecule has 1 heterocycles. The lowest BCUT2D eigenvalue weighted by molar-refractivity contribution is 0.204. The van der Waals surface area contributed by atoms with Crippen LogP contribution in [0.2, 0.25) is 0 Å². The van der Waals surface area contributed by atoms with Crippen LogP contribution >= 0.6 is 12.2 Å². The van der Waals surface area contributed by atoms with Crippen LogP contribution in [0.1, 0.15) is 46.0 Å². The third-order valence-corrected chi connectivity index (χ3v) is 4.99. The molecule has 0 aromatic carbocycles. The first-order chi connectivity index (χ1) is 7.49. The Labute approximate surface area is 105 Å². The van der Waals surface area contributed by atoms with Gasteiger partial charge in [0, 0.05) is 18.0 Å². The zero-order valence-corrected chi connectivity index (χ0v) is 11.4. The smallest absolute Gasteiger partial charge is 0.0784 e. The molecule has 2 aliphatic rings. The predicted octanol–water partition coefficient (Wildman–Crippen LogP) is 2.56. The molecule has 0 aromatic rings. The molecule has 3 heteroatoms. The largest absolute Gasteiger partial charge is 0.393 e. The highest BCUT2D eigenvalue weighted by Crippen LogP contribution is 2.37. The summed E-state index contributed by atoms with van der Waals surface area (Å²) in [4.78, 5) is 3.35. The fraction of sp³-hybridized carbons (Fsp3) is 0.923. The molecule has 2 unspecified atom stereocenters. The summed E-state index contributed by atoms with van der Waals surface area (Å²) in [5, 5.41) is 0. The molecule has 1 saturated carbocycles. The van der Waals surface area contributed by atoms with Gasteiger partial charge in [0.05, 0.1) is 4.99 Å². The van der Waals surface area contributed by atoms with Gasteiger partial charge in [-0.1, -0.05) is 26.1 Å². The van der Waals surface area contributed by atoms with Crippen molar-refractivity contribution in [3.8, 4) is 0 Å². The molecule has 1 aliphatic carbocycles. The summed E-state index contributed by atoms with van der Waals surface area (Å²) in [6.45, 7) is 6.91. The maximum absolute atomic E-state index is 5.74. The lowest BCUT2D eigenvalue weighted by atomic mass is 9.88. The van der Waals surface area contributed by atoms with Crippen molar-refractivity contribution in [3.63, 3.8) is 0 Å². The summed E-state index contributed by atoms with van der Waals surface area (Å²) in [6, 6.07) is 0.901. The molecule has 2 N–H and O–H groups in total. The number of nitrogens with two attached hydrogens (primary N) is 1. The Hall–Kier alpha value is -0.150. The van der Waals surface area contributed by atoms with Gasteiger partial charge in [-0.3, -0.25) is 0 Å². The van der Waals surface area contributed by atoms with E-state index in [0.29, 0.717) is 4.99 Å². The number of piperidine rings is 1. The summed E-state index contributed by atoms with van der Waals surface area (Å²) >= 11 is 5.10. The third-order valence-electron chi connectivity index (χ3n) is 4.44. The van der Waals surface area contributed by atoms with E-state index in [0.717, 1.165) is 18.4 Å². The monoisotopic (exact) mass is 240 g/mol. The Bertz CT molecular complexity index is 275. The van der Waals surface area contributed by atoms with Crippen LogP contribution in [0, 0.1) is 11.3 Å². The maximum Gasteiger partial charge on any atom is 0.0784 e. The summed E-state index contributed by atoms with van der Waals surface area (Å²) in [6.07, 6.45) is 6.71. The quantitative estimate of drug-likeness (QED) is 0.749. The van der Waals surface area contributed by atoms with Gasteiger partial charge in [-0.05, 0) is 44.6 Å². The Balaban J connectivity index is 1.71. The molecule has 0 spiro atoms. The van der Waals surface area contributed by atoms with E-state index in [2.05, 4.69) is 18.7 Å². The minimum absolute atomic E-state index is 0.0358. The number of fused-ring (bicyclic) bond motifs is 2. The Morgan fingerprint density at radius 1 is 1.44 bits per heavy atom. The van der Waals surface area contributed by atoms with E-state index < -0.39 is 0 Å². The normalized spacial score (nSPS) is 29.9. The highest BCUT2D eigenvalue weighted by atomic mass is 32.1. The number of hydrogen-bond donors (Lipinski definition) is 1. The summed E-state index contributed by atoms with van der Waals surface area (Å²) < 4.78 is 0. The fourth-order valence-corrected chi connectivity index (χ4v) is 3.25. The molecule has 2 fully saturated rings. The van der Waals surface area contributed by atoms with E-state index in [9.17, 15) is 0 Å². The lowest BCUT2D eigenvalue weighted by Gasteiger charge is -2.29. The zero-order valence-electron chi connectivity index (χ0n) is 10.5. The van der Waals surface area contributed by atoms with Gasteiger partial charge in [0.1, 0.15) is 0 Å². The number of likely N-dealkylation sites (tertiary alicyclic amines) is 1. The molecule has 2 atom stereocenters. The third kappa shape index (κ3) is 2.57. The second kappa shape index (κ2) is 4.61. The van der Waals surface area contributed by atoms with Crippen LogP contribution in [-0.4, -0.2) is 29.0 Å². The molecule has 2 nitrogen and oxygen atoms in total. The summed E-state index contributed by atoms with van der Waals surface area (Å²) in [5.41, 5.74) is 5.78. The lowest BCUT2D eigenvalue weighted by Crippen LogP contribution is -2.35. The topological polar surface area (TPSA) is 29.3 Å². The Morgan fingerprint density at radius 2 is 2.19 bits per heavy atom. The second-order valence-corrected chi connectivity index (χ2v) is 6.62. The Kier molecular flexibility index (Phi) is 3.55. The molecule has 92 valence electrons. The van der Waals surface area contributed by atoms with Crippen LogP contribution in [0.15, 0.2) is 0 Å². The van der Waals surface area contributed by atoms with Crippen LogP contribution in [0.4, 0.5) is 0 Å². The van der Waals surface area contributed by atoms with Gasteiger partial charge in [0.2, 0.25) is 0 Å². The summed E-state index contributed by atoms with van der Waals surface area (Å²) in [5.74, 6) is 1.01. The fourth-order valence-electron chi connectivity index (χ4n) is 3.15. The molecule has 1 saturated heterocycles. The van der Waals surface area contributed by atoms with Crippen molar-refractivity contribution in [2.75, 3.05) is 13.1 Å². The number of hydrogen-bond acceptors (Lipinski definition) is 2. The van der Waals surface area contributed by atoms with Gasteiger partial charge in [0.25, 0.3) is 0 Å². The average molecular weight is 240 g/mol. The molecule has 0 radical (unpaired) electrons. The van der Waals surface area contributed by atoms with Gasteiger partial charge in [-0.15, -0.1) is 0 Å². The predicted molar refractivity (Wildman–Crippen MR) is 72.5 cm³/mol. The van der Waals surface area contributed by atoms with Gasteiger partial charge in [0.15, 0.2) is 0 Å². The number of thiocarbonyl (C=S) groups is 1. The maximum atomic E-state index is 5.74. The molecule has 2 bridgehead atoms. The molecular formula is C13H24N2S. The minimum atomic E-state index is 0.0358. The number of nitrogens with zero attached hydrogens (tertiary/aromatic N) is 1. The standard InChI is InChI=1S/C13H24N2S/c1-13(2,12(14)16)6-3-7-15-9-10-4-5-11(15)8-10/h10-11H,3-9H2,1-2H3,(H2,14,16). The van der Waals surface area contributed by atoms with Crippen LogP contribution < -0.4 is 5.73 Å². The first-order valence-electron chi connectivity index (χ1n) is 6.53. The molecule has 2 rings (SSSR count). The van der Waals surface area contributed by atoms with Crippen molar-refractivity contribution in [3.05, 3.63) is 0 Å². The first kappa shape index (κ1) is 12.3. The van der Waals surface area contributed by atoms with Crippen molar-refractivity contribution >= 4 is 17.2 Å². The van der Waals surface area contributed by atoms with E-state index in [4.69, 9.17) is 18.0 Å². The molecule has 16 heavy (non-hydrogen) atoms. The van der Waals surface area contributed by atoms with Gasteiger partial charge >= 0.3 is 0 Å². The molecular weight excluding hydrogens is 216 g/mol. The highest BCUT2D eigenvalue weighted by molar-refractivity contribution is 7.80. The van der Waals surface area contributed by atoms with E-state index >= 15 is 0 Å². The van der Waals surface area contributed by atoms with Crippen molar-refractivity contribution in [1.82, 2.24) is 4.90 Å². The second-order valence-electron chi connectivity index (χ2n) is 6.18. The first-order valence-corrected chi connectivity index (χ1v) is 6.94. The zero-order chi connectivity index (χ0) is 11.8. The van der Waals surface area contributed by atoms with E-state index in [-0.39, 0.29) is 5.41 Å². The Morgan fingerprint density at radius 3 is 2.69 bits per heavy atom. The van der Waals surface area contributed by atoms with Gasteiger partial charge in [-0.2, -0.15) is 0 Å². The van der Waals surface area contributed by atoms with E-state index in [1.807, 2.05) is 0 Å². The van der Waals surface area contributed by atoms with E-state index in [1.165, 1.54) is 38.8 Å². The van der Waals surface area contributed by atoms with Gasteiger partial charge in [-0.25, -0.2) is 0 Å². The molecule has 0 aromatic heterocycles. The van der Waals surface area contributed by atoms with Gasteiger partial charge < -0.3 is 10.6 Å². The molecule has 0 amide bonds. The van der Waals surface area contributed by atoms with Crippen LogP contribution in [0.5, 0.6) is 0 Å². The number of rotatable bonds is 5. The highest BCUT2D eigenvalue weighted by Gasteiger charge is 2.37. The average Bonchev–Trinajstić information content (AvgIpc) is 2.78. The summed E-state index contributed by atoms with van der Waals surface area (Å²) in [7, 11) is 0. The van der Waals surface area contributed by atoms with Crippen molar-refractivity contribution in [2.45, 2.75) is 52.0 Å².